The van der Waals surface area contributed by atoms with Crippen LogP contribution >= 0.6 is 11.6 Å². The van der Waals surface area contributed by atoms with Crippen LogP contribution in [0.2, 0.25) is 5.02 Å². The molecule has 142 valence electrons. The molecule has 1 aliphatic rings. The number of likely N-dealkylation sites (N-methyl/N-ethyl adjacent to an activating group) is 1. The van der Waals surface area contributed by atoms with Crippen molar-refractivity contribution in [3.8, 4) is 0 Å². The molecular formula is C20H21ClN2O4. The number of carboxylic acids is 1. The Hall–Kier alpha value is -2.41. The van der Waals surface area contributed by atoms with E-state index in [-0.39, 0.29) is 6.04 Å². The van der Waals surface area contributed by atoms with Gasteiger partial charge in [-0.1, -0.05) is 41.9 Å². The zero-order valence-electron chi connectivity index (χ0n) is 15.0. The molecule has 0 saturated carbocycles. The number of hydrogen-bond acceptors (Lipinski definition) is 4. The number of aliphatic hydroxyl groups is 1. The summed E-state index contributed by atoms with van der Waals surface area (Å²) in [4.78, 5) is 27.6. The van der Waals surface area contributed by atoms with Crippen molar-refractivity contribution in [2.24, 2.45) is 0 Å². The molecule has 0 aliphatic carbocycles. The lowest BCUT2D eigenvalue weighted by Gasteiger charge is -2.34. The van der Waals surface area contributed by atoms with Gasteiger partial charge in [0.05, 0.1) is 12.1 Å². The van der Waals surface area contributed by atoms with E-state index in [9.17, 15) is 19.8 Å². The first kappa shape index (κ1) is 19.4. The Bertz CT molecular complexity index is 856. The average Bonchev–Trinajstić information content (AvgIpc) is 2.68. The first-order valence-electron chi connectivity index (χ1n) is 8.59. The van der Waals surface area contributed by atoms with Gasteiger partial charge in [-0.05, 0) is 43.3 Å². The molecule has 0 bridgehead atoms. The van der Waals surface area contributed by atoms with Crippen LogP contribution in [0.15, 0.2) is 48.5 Å². The van der Waals surface area contributed by atoms with Gasteiger partial charge in [0.15, 0.2) is 0 Å². The van der Waals surface area contributed by atoms with Crippen molar-refractivity contribution in [3.05, 3.63) is 64.7 Å². The van der Waals surface area contributed by atoms with Crippen LogP contribution in [-0.2, 0) is 9.59 Å². The van der Waals surface area contributed by atoms with Crippen LogP contribution in [0, 0.1) is 0 Å². The maximum Gasteiger partial charge on any atom is 0.323 e. The minimum absolute atomic E-state index is 0.373. The van der Waals surface area contributed by atoms with Gasteiger partial charge in [0, 0.05) is 10.7 Å². The highest BCUT2D eigenvalue weighted by Gasteiger charge is 2.42. The first-order chi connectivity index (χ1) is 12.8. The molecule has 2 aromatic rings. The highest BCUT2D eigenvalue weighted by molar-refractivity contribution is 6.30. The van der Waals surface area contributed by atoms with Crippen LogP contribution in [0.4, 0.5) is 5.69 Å². The third kappa shape index (κ3) is 3.69. The van der Waals surface area contributed by atoms with E-state index in [0.717, 1.165) is 5.56 Å². The fraction of sp³-hybridized carbons (Fsp3) is 0.300. The highest BCUT2D eigenvalue weighted by atomic mass is 35.5. The van der Waals surface area contributed by atoms with Crippen LogP contribution < -0.4 is 4.90 Å². The van der Waals surface area contributed by atoms with Crippen LogP contribution in [0.5, 0.6) is 0 Å². The van der Waals surface area contributed by atoms with Crippen molar-refractivity contribution in [1.29, 1.82) is 0 Å². The van der Waals surface area contributed by atoms with Crippen molar-refractivity contribution in [2.45, 2.75) is 25.1 Å². The number of carboxylic acid groups (broad SMARTS) is 1. The molecule has 0 saturated heterocycles. The Morgan fingerprint density at radius 3 is 2.48 bits per heavy atom. The molecule has 0 aromatic heterocycles. The number of nitrogens with zero attached hydrogens (tertiary/aromatic N) is 2. The molecule has 7 heteroatoms. The number of carbonyl (C=O) groups excluding carboxylic acids is 1. The van der Waals surface area contributed by atoms with E-state index < -0.39 is 30.6 Å². The number of aliphatic carboxylic acids is 1. The van der Waals surface area contributed by atoms with E-state index in [1.54, 1.807) is 30.1 Å². The molecule has 0 spiro atoms. The van der Waals surface area contributed by atoms with Gasteiger partial charge >= 0.3 is 5.97 Å². The SMILES string of the molecule is C[C@@H](O)[C@H]1C(=O)N(CC(=O)O)c2ccc(Cl)cc2C(c2ccccc2)N1C. The molecule has 0 radical (unpaired) electrons. The summed E-state index contributed by atoms with van der Waals surface area (Å²) in [6.45, 7) is 1.04. The van der Waals surface area contributed by atoms with E-state index in [1.807, 2.05) is 30.3 Å². The normalized spacial score (nSPS) is 21.5. The van der Waals surface area contributed by atoms with Gasteiger partial charge in [-0.3, -0.25) is 19.4 Å². The minimum atomic E-state index is -1.13. The summed E-state index contributed by atoms with van der Waals surface area (Å²) in [6.07, 6.45) is -0.991. The van der Waals surface area contributed by atoms with Crippen molar-refractivity contribution >= 4 is 29.2 Å². The Morgan fingerprint density at radius 2 is 1.89 bits per heavy atom. The second-order valence-corrected chi connectivity index (χ2v) is 7.12. The lowest BCUT2D eigenvalue weighted by atomic mass is 9.95. The quantitative estimate of drug-likeness (QED) is 0.841. The number of amides is 1. The number of rotatable bonds is 4. The van der Waals surface area contributed by atoms with E-state index in [0.29, 0.717) is 16.3 Å². The number of fused-ring (bicyclic) bond motifs is 1. The van der Waals surface area contributed by atoms with Gasteiger partial charge in [-0.15, -0.1) is 0 Å². The molecule has 0 fully saturated rings. The molecule has 1 heterocycles. The second kappa shape index (κ2) is 7.68. The van der Waals surface area contributed by atoms with Crippen LogP contribution in [0.1, 0.15) is 24.1 Å². The molecule has 1 amide bonds. The summed E-state index contributed by atoms with van der Waals surface area (Å²) in [7, 11) is 1.75. The maximum atomic E-state index is 13.2. The number of aliphatic hydroxyl groups excluding tert-OH is 1. The Morgan fingerprint density at radius 1 is 1.22 bits per heavy atom. The number of carbonyl (C=O) groups is 2. The smallest absolute Gasteiger partial charge is 0.323 e. The molecule has 27 heavy (non-hydrogen) atoms. The molecule has 2 aromatic carbocycles. The Balaban J connectivity index is 2.27. The lowest BCUT2D eigenvalue weighted by Crippen LogP contribution is -2.52. The molecule has 2 N–H and O–H groups in total. The Labute approximate surface area is 162 Å². The van der Waals surface area contributed by atoms with Gasteiger partial charge in [0.1, 0.15) is 12.6 Å². The molecule has 1 unspecified atom stereocenters. The predicted octanol–water partition coefficient (Wildman–Crippen LogP) is 2.54. The summed E-state index contributed by atoms with van der Waals surface area (Å²) in [5.74, 6) is -1.59. The largest absolute Gasteiger partial charge is 0.480 e. The van der Waals surface area contributed by atoms with Gasteiger partial charge in [0.2, 0.25) is 5.91 Å². The predicted molar refractivity (Wildman–Crippen MR) is 103 cm³/mol. The number of benzene rings is 2. The van der Waals surface area contributed by atoms with Gasteiger partial charge in [-0.25, -0.2) is 0 Å². The zero-order valence-corrected chi connectivity index (χ0v) is 15.8. The fourth-order valence-corrected chi connectivity index (χ4v) is 3.90. The Kier molecular flexibility index (Phi) is 5.51. The summed E-state index contributed by atoms with van der Waals surface area (Å²) in [5.41, 5.74) is 2.11. The van der Waals surface area contributed by atoms with E-state index in [4.69, 9.17) is 11.6 Å². The number of halogens is 1. The summed E-state index contributed by atoms with van der Waals surface area (Å²) in [5, 5.41) is 20.2. The van der Waals surface area contributed by atoms with Gasteiger partial charge in [0.25, 0.3) is 0 Å². The molecule has 3 atom stereocenters. The standard InChI is InChI=1S/C20H21ClN2O4/c1-12(24)18-20(27)23(11-17(25)26)16-9-8-14(21)10-15(16)19(22(18)2)13-6-4-3-5-7-13/h3-10,12,18-19,24H,11H2,1-2H3,(H,25,26)/t12-,18+,19?/m1/s1. The van der Waals surface area contributed by atoms with E-state index in [1.165, 1.54) is 11.8 Å². The van der Waals surface area contributed by atoms with E-state index >= 15 is 0 Å². The first-order valence-corrected chi connectivity index (χ1v) is 8.96. The number of hydrogen-bond donors (Lipinski definition) is 2. The fourth-order valence-electron chi connectivity index (χ4n) is 3.72. The molecular weight excluding hydrogens is 368 g/mol. The summed E-state index contributed by atoms with van der Waals surface area (Å²) in [6, 6.07) is 13.3. The van der Waals surface area contributed by atoms with E-state index in [2.05, 4.69) is 0 Å². The summed E-state index contributed by atoms with van der Waals surface area (Å²) >= 11 is 6.23. The lowest BCUT2D eigenvalue weighted by molar-refractivity contribution is -0.137. The average molecular weight is 389 g/mol. The third-order valence-corrected chi connectivity index (χ3v) is 5.04. The van der Waals surface area contributed by atoms with Crippen molar-refractivity contribution in [2.75, 3.05) is 18.5 Å². The van der Waals surface area contributed by atoms with Crippen molar-refractivity contribution < 1.29 is 19.8 Å². The van der Waals surface area contributed by atoms with Gasteiger partial charge < -0.3 is 10.2 Å². The zero-order chi connectivity index (χ0) is 19.7. The van der Waals surface area contributed by atoms with Crippen LogP contribution in [0.3, 0.4) is 0 Å². The molecule has 3 rings (SSSR count). The van der Waals surface area contributed by atoms with Crippen LogP contribution in [0.25, 0.3) is 0 Å². The van der Waals surface area contributed by atoms with Crippen LogP contribution in [-0.4, -0.2) is 52.7 Å². The molecule has 1 aliphatic heterocycles. The number of anilines is 1. The van der Waals surface area contributed by atoms with Crippen molar-refractivity contribution in [3.63, 3.8) is 0 Å². The highest BCUT2D eigenvalue weighted by Crippen LogP contribution is 2.40. The minimum Gasteiger partial charge on any atom is -0.480 e. The second-order valence-electron chi connectivity index (χ2n) is 6.69. The monoisotopic (exact) mass is 388 g/mol. The maximum absolute atomic E-state index is 13.2. The third-order valence-electron chi connectivity index (χ3n) is 4.81. The van der Waals surface area contributed by atoms with Crippen molar-refractivity contribution in [1.82, 2.24) is 4.90 Å². The topological polar surface area (TPSA) is 81.1 Å². The molecule has 6 nitrogen and oxygen atoms in total. The summed E-state index contributed by atoms with van der Waals surface area (Å²) < 4.78 is 0. The van der Waals surface area contributed by atoms with Gasteiger partial charge in [-0.2, -0.15) is 0 Å².